The average molecular weight is 191 g/mol. The zero-order valence-electron chi connectivity index (χ0n) is 8.61. The lowest BCUT2D eigenvalue weighted by atomic mass is 9.98. The predicted octanol–water partition coefficient (Wildman–Crippen LogP) is 4.61. The van der Waals surface area contributed by atoms with Crippen LogP contribution < -0.4 is 0 Å². The van der Waals surface area contributed by atoms with E-state index in [1.54, 1.807) is 0 Å². The van der Waals surface area contributed by atoms with Crippen LogP contribution in [0.4, 0.5) is 0 Å². The van der Waals surface area contributed by atoms with Gasteiger partial charge >= 0.3 is 0 Å². The predicted molar refractivity (Wildman–Crippen MR) is 57.9 cm³/mol. The maximum absolute atomic E-state index is 5.63. The molecule has 1 atom stereocenters. The minimum Gasteiger partial charge on any atom is -0.127 e. The number of alkyl halides is 1. The van der Waals surface area contributed by atoms with E-state index in [-0.39, 0.29) is 0 Å². The van der Waals surface area contributed by atoms with Gasteiger partial charge in [0.15, 0.2) is 0 Å². The topological polar surface area (TPSA) is 0 Å². The van der Waals surface area contributed by atoms with Crippen molar-refractivity contribution in [3.63, 3.8) is 0 Å². The Labute approximate surface area is 82.7 Å². The Kier molecular flexibility index (Phi) is 9.61. The van der Waals surface area contributed by atoms with E-state index in [9.17, 15) is 0 Å². The van der Waals surface area contributed by atoms with Gasteiger partial charge in [-0.1, -0.05) is 46.0 Å². The molecule has 0 aliphatic rings. The molecule has 1 unspecified atom stereocenters. The van der Waals surface area contributed by atoms with Crippen LogP contribution in [-0.4, -0.2) is 5.88 Å². The molecule has 1 heteroatoms. The summed E-state index contributed by atoms with van der Waals surface area (Å²) in [6.45, 7) is 4.61. The molecule has 0 aromatic heterocycles. The van der Waals surface area contributed by atoms with E-state index < -0.39 is 0 Å². The monoisotopic (exact) mass is 190 g/mol. The fourth-order valence-corrected chi connectivity index (χ4v) is 1.64. The summed E-state index contributed by atoms with van der Waals surface area (Å²) in [5.41, 5.74) is 0. The lowest BCUT2D eigenvalue weighted by Crippen LogP contribution is -1.95. The van der Waals surface area contributed by atoms with E-state index in [1.807, 2.05) is 0 Å². The van der Waals surface area contributed by atoms with Gasteiger partial charge in [0.1, 0.15) is 0 Å². The highest BCUT2D eigenvalue weighted by molar-refractivity contribution is 6.17. The standard InChI is InChI=1S/C11H23Cl/c1-3-4-5-6-8-11(2)9-7-10-12/h11H,3-10H2,1-2H3. The van der Waals surface area contributed by atoms with Gasteiger partial charge in [-0.3, -0.25) is 0 Å². The van der Waals surface area contributed by atoms with Crippen molar-refractivity contribution in [1.82, 2.24) is 0 Å². The Morgan fingerprint density at radius 2 is 1.67 bits per heavy atom. The van der Waals surface area contributed by atoms with Gasteiger partial charge in [-0.25, -0.2) is 0 Å². The summed E-state index contributed by atoms with van der Waals surface area (Å²) in [6.07, 6.45) is 9.49. The van der Waals surface area contributed by atoms with Crippen LogP contribution in [0.25, 0.3) is 0 Å². The second kappa shape index (κ2) is 9.38. The highest BCUT2D eigenvalue weighted by atomic mass is 35.5. The van der Waals surface area contributed by atoms with Gasteiger partial charge in [0, 0.05) is 5.88 Å². The first-order valence-corrected chi connectivity index (χ1v) is 5.90. The molecule has 0 nitrogen and oxygen atoms in total. The first-order chi connectivity index (χ1) is 5.81. The molecular formula is C11H23Cl. The molecule has 12 heavy (non-hydrogen) atoms. The Morgan fingerprint density at radius 1 is 1.00 bits per heavy atom. The lowest BCUT2D eigenvalue weighted by molar-refractivity contribution is 0.456. The molecule has 0 N–H and O–H groups in total. The SMILES string of the molecule is CCCCCCC(C)CCCCl. The van der Waals surface area contributed by atoms with Crippen molar-refractivity contribution in [3.8, 4) is 0 Å². The minimum absolute atomic E-state index is 0.833. The van der Waals surface area contributed by atoms with Crippen LogP contribution in [0.3, 0.4) is 0 Å². The van der Waals surface area contributed by atoms with Crippen molar-refractivity contribution in [2.24, 2.45) is 5.92 Å². The average Bonchev–Trinajstić information content (AvgIpc) is 2.09. The molecule has 0 spiro atoms. The van der Waals surface area contributed by atoms with Crippen LogP contribution >= 0.6 is 11.6 Å². The Morgan fingerprint density at radius 3 is 2.25 bits per heavy atom. The largest absolute Gasteiger partial charge is 0.127 e. The van der Waals surface area contributed by atoms with Gasteiger partial charge in [-0.2, -0.15) is 0 Å². The summed E-state index contributed by atoms with van der Waals surface area (Å²) in [7, 11) is 0. The van der Waals surface area contributed by atoms with E-state index in [0.717, 1.165) is 11.8 Å². The molecule has 0 aromatic carbocycles. The molecule has 0 rings (SSSR count). The summed E-state index contributed by atoms with van der Waals surface area (Å²) >= 11 is 5.63. The molecule has 0 radical (unpaired) electrons. The Balaban J connectivity index is 3.02. The molecular weight excluding hydrogens is 168 g/mol. The number of hydrogen-bond donors (Lipinski definition) is 0. The molecule has 0 amide bonds. The third kappa shape index (κ3) is 8.39. The number of halogens is 1. The van der Waals surface area contributed by atoms with Gasteiger partial charge in [-0.15, -0.1) is 11.6 Å². The van der Waals surface area contributed by atoms with Crippen LogP contribution in [-0.2, 0) is 0 Å². The quantitative estimate of drug-likeness (QED) is 0.387. The van der Waals surface area contributed by atoms with Gasteiger partial charge in [0.2, 0.25) is 0 Å². The van der Waals surface area contributed by atoms with Crippen molar-refractivity contribution in [2.75, 3.05) is 5.88 Å². The summed E-state index contributed by atoms with van der Waals surface area (Å²) < 4.78 is 0. The van der Waals surface area contributed by atoms with E-state index in [2.05, 4.69) is 13.8 Å². The number of rotatable bonds is 8. The molecule has 0 aromatic rings. The maximum Gasteiger partial charge on any atom is 0.0223 e. The summed E-state index contributed by atoms with van der Waals surface area (Å²) in [5, 5.41) is 0. The van der Waals surface area contributed by atoms with Gasteiger partial charge < -0.3 is 0 Å². The Hall–Kier alpha value is 0.290. The van der Waals surface area contributed by atoms with Crippen molar-refractivity contribution in [1.29, 1.82) is 0 Å². The maximum atomic E-state index is 5.63. The Bertz CT molecular complexity index is 81.1. The molecule has 0 aliphatic heterocycles. The number of unbranched alkanes of at least 4 members (excludes halogenated alkanes) is 3. The molecule has 0 fully saturated rings. The first kappa shape index (κ1) is 12.3. The van der Waals surface area contributed by atoms with Gasteiger partial charge in [0.05, 0.1) is 0 Å². The highest BCUT2D eigenvalue weighted by Crippen LogP contribution is 2.15. The molecule has 0 aliphatic carbocycles. The van der Waals surface area contributed by atoms with Crippen molar-refractivity contribution in [3.05, 3.63) is 0 Å². The minimum atomic E-state index is 0.833. The molecule has 0 saturated carbocycles. The zero-order chi connectivity index (χ0) is 9.23. The molecule has 0 heterocycles. The van der Waals surface area contributed by atoms with E-state index in [0.29, 0.717) is 0 Å². The first-order valence-electron chi connectivity index (χ1n) is 5.37. The molecule has 0 saturated heterocycles. The molecule has 0 bridgehead atoms. The van der Waals surface area contributed by atoms with Gasteiger partial charge in [0.25, 0.3) is 0 Å². The third-order valence-electron chi connectivity index (χ3n) is 2.38. The molecule has 74 valence electrons. The van der Waals surface area contributed by atoms with E-state index in [1.165, 1.54) is 44.9 Å². The van der Waals surface area contributed by atoms with Crippen molar-refractivity contribution in [2.45, 2.75) is 58.8 Å². The third-order valence-corrected chi connectivity index (χ3v) is 2.65. The zero-order valence-corrected chi connectivity index (χ0v) is 9.37. The summed E-state index contributed by atoms with van der Waals surface area (Å²) in [6, 6.07) is 0. The summed E-state index contributed by atoms with van der Waals surface area (Å²) in [4.78, 5) is 0. The van der Waals surface area contributed by atoms with Crippen molar-refractivity contribution >= 4 is 11.6 Å². The fourth-order valence-electron chi connectivity index (χ4n) is 1.49. The van der Waals surface area contributed by atoms with Crippen LogP contribution in [0, 0.1) is 5.92 Å². The fraction of sp³-hybridized carbons (Fsp3) is 1.00. The smallest absolute Gasteiger partial charge is 0.0223 e. The van der Waals surface area contributed by atoms with Crippen LogP contribution in [0.15, 0.2) is 0 Å². The second-order valence-corrected chi connectivity index (χ2v) is 4.16. The van der Waals surface area contributed by atoms with Crippen LogP contribution in [0.1, 0.15) is 58.8 Å². The lowest BCUT2D eigenvalue weighted by Gasteiger charge is -2.09. The highest BCUT2D eigenvalue weighted by Gasteiger charge is 2.00. The second-order valence-electron chi connectivity index (χ2n) is 3.79. The van der Waals surface area contributed by atoms with Crippen molar-refractivity contribution < 1.29 is 0 Å². The van der Waals surface area contributed by atoms with Crippen LogP contribution in [0.5, 0.6) is 0 Å². The normalized spacial score (nSPS) is 13.2. The van der Waals surface area contributed by atoms with Gasteiger partial charge in [-0.05, 0) is 18.8 Å². The number of hydrogen-bond acceptors (Lipinski definition) is 0. The van der Waals surface area contributed by atoms with E-state index >= 15 is 0 Å². The van der Waals surface area contributed by atoms with E-state index in [4.69, 9.17) is 11.6 Å². The summed E-state index contributed by atoms with van der Waals surface area (Å²) in [5.74, 6) is 1.72. The van der Waals surface area contributed by atoms with Crippen LogP contribution in [0.2, 0.25) is 0 Å².